The van der Waals surface area contributed by atoms with Gasteiger partial charge in [-0.15, -0.1) is 0 Å². The number of alkyl halides is 3. The lowest BCUT2D eigenvalue weighted by atomic mass is 10.2. The Morgan fingerprint density at radius 3 is 2.32 bits per heavy atom. The topological polar surface area (TPSA) is 66.9 Å². The normalized spacial score (nSPS) is 16.6. The number of rotatable bonds is 6. The van der Waals surface area contributed by atoms with Crippen molar-refractivity contribution in [1.82, 2.24) is 9.21 Å². The zero-order chi connectivity index (χ0) is 22.5. The van der Waals surface area contributed by atoms with Crippen LogP contribution in [-0.4, -0.2) is 56.3 Å². The standard InChI is InChI=1S/C21H23F3N2O4S/c22-21(23,24)18-9-4-5-10-19(18)31(28,29)26-12-6-11-25(13-14-26)15-20(27)30-16-17-7-2-1-3-8-17/h1-5,7-10H,6,11-16H2. The third kappa shape index (κ3) is 6.05. The minimum Gasteiger partial charge on any atom is -0.460 e. The maximum atomic E-state index is 13.3. The van der Waals surface area contributed by atoms with Crippen LogP contribution in [0.5, 0.6) is 0 Å². The Bertz CT molecular complexity index is 997. The van der Waals surface area contributed by atoms with Crippen molar-refractivity contribution in [1.29, 1.82) is 0 Å². The predicted molar refractivity (Wildman–Crippen MR) is 107 cm³/mol. The van der Waals surface area contributed by atoms with Gasteiger partial charge in [0, 0.05) is 26.2 Å². The number of hydrogen-bond acceptors (Lipinski definition) is 5. The lowest BCUT2D eigenvalue weighted by Gasteiger charge is -2.23. The van der Waals surface area contributed by atoms with E-state index in [1.54, 1.807) is 4.90 Å². The molecule has 0 bridgehead atoms. The lowest BCUT2D eigenvalue weighted by Crippen LogP contribution is -2.37. The average Bonchev–Trinajstić information content (AvgIpc) is 2.98. The molecule has 2 aromatic carbocycles. The highest BCUT2D eigenvalue weighted by Crippen LogP contribution is 2.35. The molecule has 168 valence electrons. The van der Waals surface area contributed by atoms with Gasteiger partial charge in [-0.2, -0.15) is 17.5 Å². The second-order valence-corrected chi connectivity index (χ2v) is 9.08. The molecule has 1 heterocycles. The number of benzene rings is 2. The number of nitrogens with zero attached hydrogens (tertiary/aromatic N) is 2. The molecule has 1 saturated heterocycles. The molecule has 0 radical (unpaired) electrons. The second-order valence-electron chi connectivity index (χ2n) is 7.17. The molecule has 3 rings (SSSR count). The van der Waals surface area contributed by atoms with Crippen LogP contribution in [0.2, 0.25) is 0 Å². The summed E-state index contributed by atoms with van der Waals surface area (Å²) in [6.07, 6.45) is -4.39. The van der Waals surface area contributed by atoms with Crippen LogP contribution in [0.3, 0.4) is 0 Å². The third-order valence-corrected chi connectivity index (χ3v) is 6.91. The zero-order valence-electron chi connectivity index (χ0n) is 16.7. The molecule has 0 aromatic heterocycles. The summed E-state index contributed by atoms with van der Waals surface area (Å²) in [6.45, 7) is 0.841. The van der Waals surface area contributed by atoms with E-state index < -0.39 is 32.6 Å². The van der Waals surface area contributed by atoms with Crippen molar-refractivity contribution in [2.45, 2.75) is 24.1 Å². The van der Waals surface area contributed by atoms with E-state index in [9.17, 15) is 26.4 Å². The first-order valence-electron chi connectivity index (χ1n) is 9.76. The fourth-order valence-electron chi connectivity index (χ4n) is 3.38. The Morgan fingerprint density at radius 1 is 0.935 bits per heavy atom. The van der Waals surface area contributed by atoms with E-state index in [-0.39, 0.29) is 32.8 Å². The van der Waals surface area contributed by atoms with Crippen LogP contribution in [0.25, 0.3) is 0 Å². The Kier molecular flexibility index (Phi) is 7.34. The van der Waals surface area contributed by atoms with Gasteiger partial charge in [0.15, 0.2) is 0 Å². The van der Waals surface area contributed by atoms with Gasteiger partial charge >= 0.3 is 12.1 Å². The lowest BCUT2D eigenvalue weighted by molar-refractivity contribution is -0.146. The second kappa shape index (κ2) is 9.80. The number of halogens is 3. The molecule has 6 nitrogen and oxygen atoms in total. The Morgan fingerprint density at radius 2 is 1.61 bits per heavy atom. The van der Waals surface area contributed by atoms with Crippen molar-refractivity contribution in [3.05, 3.63) is 65.7 Å². The van der Waals surface area contributed by atoms with Gasteiger partial charge in [0.2, 0.25) is 10.0 Å². The number of carbonyl (C=O) groups is 1. The van der Waals surface area contributed by atoms with Gasteiger partial charge in [-0.25, -0.2) is 8.42 Å². The Balaban J connectivity index is 1.61. The first-order chi connectivity index (χ1) is 14.7. The number of esters is 1. The summed E-state index contributed by atoms with van der Waals surface area (Å²) >= 11 is 0. The van der Waals surface area contributed by atoms with Crippen molar-refractivity contribution in [2.75, 3.05) is 32.7 Å². The first kappa shape index (κ1) is 23.2. The Hall–Kier alpha value is -2.43. The number of carbonyl (C=O) groups excluding carboxylic acids is 1. The molecule has 0 amide bonds. The molecule has 31 heavy (non-hydrogen) atoms. The molecule has 0 aliphatic carbocycles. The van der Waals surface area contributed by atoms with Crippen LogP contribution in [0, 0.1) is 0 Å². The molecule has 2 aromatic rings. The summed E-state index contributed by atoms with van der Waals surface area (Å²) in [7, 11) is -4.33. The third-order valence-electron chi connectivity index (χ3n) is 4.95. The van der Waals surface area contributed by atoms with Gasteiger partial charge in [-0.1, -0.05) is 42.5 Å². The molecule has 1 aliphatic rings. The van der Waals surface area contributed by atoms with E-state index in [4.69, 9.17) is 4.74 Å². The summed E-state index contributed by atoms with van der Waals surface area (Å²) in [5.41, 5.74) is -0.326. The van der Waals surface area contributed by atoms with Crippen molar-refractivity contribution < 1.29 is 31.1 Å². The monoisotopic (exact) mass is 456 g/mol. The maximum Gasteiger partial charge on any atom is 0.417 e. The van der Waals surface area contributed by atoms with Gasteiger partial charge < -0.3 is 4.74 Å². The van der Waals surface area contributed by atoms with Crippen molar-refractivity contribution in [3.8, 4) is 0 Å². The van der Waals surface area contributed by atoms with Crippen molar-refractivity contribution in [3.63, 3.8) is 0 Å². The van der Waals surface area contributed by atoms with E-state index >= 15 is 0 Å². The number of hydrogen-bond donors (Lipinski definition) is 0. The summed E-state index contributed by atoms with van der Waals surface area (Å²) in [5, 5.41) is 0. The summed E-state index contributed by atoms with van der Waals surface area (Å²) in [4.78, 5) is 13.1. The molecule has 1 aliphatic heterocycles. The minimum atomic E-state index is -4.77. The molecule has 0 spiro atoms. The van der Waals surface area contributed by atoms with Gasteiger partial charge in [-0.05, 0) is 24.1 Å². The Labute approximate surface area is 179 Å². The van der Waals surface area contributed by atoms with Gasteiger partial charge in [0.25, 0.3) is 0 Å². The molecule has 0 N–H and O–H groups in total. The number of sulfonamides is 1. The van der Waals surface area contributed by atoms with E-state index in [0.29, 0.717) is 13.0 Å². The number of ether oxygens (including phenoxy) is 1. The first-order valence-corrected chi connectivity index (χ1v) is 11.2. The summed E-state index contributed by atoms with van der Waals surface area (Å²) < 4.78 is 72.0. The molecular formula is C21H23F3N2O4S. The van der Waals surface area contributed by atoms with E-state index in [0.717, 1.165) is 28.1 Å². The maximum absolute atomic E-state index is 13.3. The van der Waals surface area contributed by atoms with Gasteiger partial charge in [0.05, 0.1) is 17.0 Å². The van der Waals surface area contributed by atoms with Crippen LogP contribution in [0.1, 0.15) is 17.5 Å². The van der Waals surface area contributed by atoms with E-state index in [2.05, 4.69) is 0 Å². The highest BCUT2D eigenvalue weighted by Gasteiger charge is 2.39. The largest absolute Gasteiger partial charge is 0.460 e. The molecule has 0 saturated carbocycles. The SMILES string of the molecule is O=C(CN1CCCN(S(=O)(=O)c2ccccc2C(F)(F)F)CC1)OCc1ccccc1. The van der Waals surface area contributed by atoms with Crippen LogP contribution < -0.4 is 0 Å². The quantitative estimate of drug-likeness (QED) is 0.625. The highest BCUT2D eigenvalue weighted by molar-refractivity contribution is 7.89. The van der Waals surface area contributed by atoms with Crippen molar-refractivity contribution >= 4 is 16.0 Å². The zero-order valence-corrected chi connectivity index (χ0v) is 17.5. The van der Waals surface area contributed by atoms with Crippen LogP contribution in [-0.2, 0) is 32.3 Å². The molecule has 1 fully saturated rings. The highest BCUT2D eigenvalue weighted by atomic mass is 32.2. The van der Waals surface area contributed by atoms with Gasteiger partial charge in [0.1, 0.15) is 6.61 Å². The van der Waals surface area contributed by atoms with E-state index in [1.165, 1.54) is 6.07 Å². The summed E-state index contributed by atoms with van der Waals surface area (Å²) in [5.74, 6) is -0.442. The van der Waals surface area contributed by atoms with Crippen LogP contribution in [0.15, 0.2) is 59.5 Å². The predicted octanol–water partition coefficient (Wildman–Crippen LogP) is 3.15. The molecule has 0 atom stereocenters. The fourth-order valence-corrected chi connectivity index (χ4v) is 5.06. The van der Waals surface area contributed by atoms with Gasteiger partial charge in [-0.3, -0.25) is 9.69 Å². The smallest absolute Gasteiger partial charge is 0.417 e. The fraction of sp³-hybridized carbons (Fsp3) is 0.381. The minimum absolute atomic E-state index is 0.0134. The molecular weight excluding hydrogens is 433 g/mol. The van der Waals surface area contributed by atoms with Crippen LogP contribution >= 0.6 is 0 Å². The molecule has 0 unspecified atom stereocenters. The van der Waals surface area contributed by atoms with Crippen LogP contribution in [0.4, 0.5) is 13.2 Å². The average molecular weight is 456 g/mol. The molecule has 10 heteroatoms. The van der Waals surface area contributed by atoms with Crippen molar-refractivity contribution in [2.24, 2.45) is 0 Å². The summed E-state index contributed by atoms with van der Waals surface area (Å²) in [6, 6.07) is 13.4. The van der Waals surface area contributed by atoms with E-state index in [1.807, 2.05) is 30.3 Å².